The summed E-state index contributed by atoms with van der Waals surface area (Å²) in [7, 11) is 2.86. The summed E-state index contributed by atoms with van der Waals surface area (Å²) < 4.78 is 12.2. The van der Waals surface area contributed by atoms with Crippen molar-refractivity contribution in [2.75, 3.05) is 24.0 Å². The molecular weight excluding hydrogens is 1800 g/mol. The van der Waals surface area contributed by atoms with Crippen LogP contribution in [0.2, 0.25) is 0 Å². The molecule has 0 atom stereocenters. The Labute approximate surface area is 759 Å². The van der Waals surface area contributed by atoms with E-state index in [1.807, 2.05) is 57.5 Å². The van der Waals surface area contributed by atoms with Crippen molar-refractivity contribution in [3.8, 4) is 64.0 Å². The van der Waals surface area contributed by atoms with Crippen molar-refractivity contribution in [2.24, 2.45) is 0 Å². The Kier molecular flexibility index (Phi) is 25.1. The van der Waals surface area contributed by atoms with Crippen LogP contribution < -0.4 is 9.80 Å². The van der Waals surface area contributed by atoms with Crippen molar-refractivity contribution in [1.82, 2.24) is 0 Å². The van der Waals surface area contributed by atoms with Crippen molar-refractivity contribution >= 4 is 185 Å². The Morgan fingerprint density at radius 2 is 0.541 bits per heavy atom. The number of anilines is 6. The Hall–Kier alpha value is -11.6. The number of hydrogen-bond acceptors (Lipinski definition) is 10. The van der Waals surface area contributed by atoms with Gasteiger partial charge in [0.15, 0.2) is 0 Å². The third-order valence-electron chi connectivity index (χ3n) is 22.9. The maximum atomic E-state index is 11.7. The van der Waals surface area contributed by atoms with Gasteiger partial charge in [0.05, 0.1) is 14.2 Å². The number of fused-ring (bicyclic) bond motifs is 6. The van der Waals surface area contributed by atoms with Gasteiger partial charge in [-0.15, -0.1) is 45.3 Å². The van der Waals surface area contributed by atoms with Crippen LogP contribution in [-0.4, -0.2) is 26.2 Å². The van der Waals surface area contributed by atoms with Gasteiger partial charge < -0.3 is 19.3 Å². The van der Waals surface area contributed by atoms with Crippen LogP contribution in [0.1, 0.15) is 116 Å². The maximum absolute atomic E-state index is 11.7. The fourth-order valence-corrected chi connectivity index (χ4v) is 20.5. The van der Waals surface area contributed by atoms with Crippen LogP contribution in [0.5, 0.6) is 0 Å². The second-order valence-corrected chi connectivity index (χ2v) is 38.5. The molecule has 0 bridgehead atoms. The van der Waals surface area contributed by atoms with Crippen molar-refractivity contribution < 1.29 is 19.1 Å². The number of carbonyl (C=O) groups is 2. The number of ether oxygens (including phenoxy) is 2. The van der Waals surface area contributed by atoms with Crippen molar-refractivity contribution in [3.05, 3.63) is 410 Å². The van der Waals surface area contributed by atoms with Gasteiger partial charge in [-0.05, 0) is 352 Å². The highest BCUT2D eigenvalue weighted by Crippen LogP contribution is 2.54. The summed E-state index contributed by atoms with van der Waals surface area (Å²) in [5.74, 6) is -0.401. The van der Waals surface area contributed by atoms with Gasteiger partial charge in [-0.1, -0.05) is 210 Å². The Bertz CT molecular complexity index is 6170. The number of methoxy groups -OCH3 is 2. The summed E-state index contributed by atoms with van der Waals surface area (Å²) in [6.07, 6.45) is 19.6. The fourth-order valence-electron chi connectivity index (χ4n) is 16.2. The SMILES string of the molecule is CC1(C)c2cc(-c3ccc(/C=C/c4ccc(I)cc4)s3)ccc2-c2ccc(-c3ccc(/C=C/c4ccc(I)cc4)s3)cc21.COC(=O)CCc1ccc(N(c2ccccc2)c2ccc(/C=C/c3ccc(-c4ccc5c(c4)C(C)(C)c4cc(-c6ccc(/C=C/c7ccc(N(c8ccccc8)c8ccc(CCC(=O)OC)cc8)cc7)s6)ccc4-5)s3)cc2)cc1. The highest BCUT2D eigenvalue weighted by molar-refractivity contribution is 14.1. The number of esters is 2. The van der Waals surface area contributed by atoms with Gasteiger partial charge in [0.25, 0.3) is 0 Å². The summed E-state index contributed by atoms with van der Waals surface area (Å²) in [5.41, 5.74) is 29.0. The first-order chi connectivity index (χ1) is 59.4. The minimum absolute atomic E-state index is 0.0632. The average Bonchev–Trinajstić information content (AvgIpc) is 1.58. The van der Waals surface area contributed by atoms with Crippen LogP contribution in [-0.2, 0) is 42.7 Å². The van der Waals surface area contributed by atoms with E-state index >= 15 is 0 Å². The molecule has 4 heterocycles. The first-order valence-electron chi connectivity index (χ1n) is 40.9. The fraction of sp³-hybridized carbons (Fsp3) is 0.109. The van der Waals surface area contributed by atoms with Gasteiger partial charge >= 0.3 is 11.9 Å². The van der Waals surface area contributed by atoms with E-state index in [1.165, 1.54) is 138 Å². The first-order valence-corrected chi connectivity index (χ1v) is 46.3. The summed E-state index contributed by atoms with van der Waals surface area (Å²) in [6, 6.07) is 118. The lowest BCUT2D eigenvalue weighted by Crippen LogP contribution is -2.15. The molecule has 2 aliphatic rings. The smallest absolute Gasteiger partial charge is 0.305 e. The summed E-state index contributed by atoms with van der Waals surface area (Å²) >= 11 is 12.0. The van der Waals surface area contributed by atoms with Crippen LogP contribution in [0.3, 0.4) is 0 Å². The molecule has 0 amide bonds. The van der Waals surface area contributed by atoms with Crippen LogP contribution in [0.4, 0.5) is 34.1 Å². The molecule has 0 N–H and O–H groups in total. The third kappa shape index (κ3) is 18.7. The number of rotatable bonds is 24. The number of para-hydroxylation sites is 2. The molecule has 0 radical (unpaired) electrons. The highest BCUT2D eigenvalue weighted by Gasteiger charge is 2.38. The summed E-state index contributed by atoms with van der Waals surface area (Å²) in [5, 5.41) is 0. The van der Waals surface area contributed by atoms with Crippen LogP contribution in [0.25, 0.3) is 113 Å². The van der Waals surface area contributed by atoms with Crippen molar-refractivity contribution in [2.45, 2.75) is 64.2 Å². The second-order valence-electron chi connectivity index (χ2n) is 31.5. The lowest BCUT2D eigenvalue weighted by Gasteiger charge is -2.25. The molecule has 4 aromatic heterocycles. The zero-order valence-electron chi connectivity index (χ0n) is 68.5. The van der Waals surface area contributed by atoms with Gasteiger partial charge in [-0.3, -0.25) is 9.59 Å². The molecule has 600 valence electrons. The molecule has 122 heavy (non-hydrogen) atoms. The Morgan fingerprint density at radius 1 is 0.295 bits per heavy atom. The van der Waals surface area contributed by atoms with E-state index in [0.29, 0.717) is 25.7 Å². The van der Waals surface area contributed by atoms with Gasteiger partial charge in [-0.2, -0.15) is 0 Å². The molecule has 0 saturated carbocycles. The van der Waals surface area contributed by atoms with E-state index in [1.54, 1.807) is 0 Å². The van der Waals surface area contributed by atoms with E-state index in [4.69, 9.17) is 9.47 Å². The van der Waals surface area contributed by atoms with E-state index in [-0.39, 0.29) is 22.8 Å². The van der Waals surface area contributed by atoms with Crippen molar-refractivity contribution in [3.63, 3.8) is 0 Å². The number of hydrogen-bond donors (Lipinski definition) is 0. The number of benzene rings is 12. The Balaban J connectivity index is 0.000000206. The summed E-state index contributed by atoms with van der Waals surface area (Å²) in [6.45, 7) is 9.47. The van der Waals surface area contributed by atoms with Gasteiger partial charge in [0, 0.05) is 104 Å². The molecule has 0 aliphatic heterocycles. The minimum Gasteiger partial charge on any atom is -0.469 e. The molecular formula is C110H88I2N2O4S4. The average molecular weight is 1880 g/mol. The van der Waals surface area contributed by atoms with E-state index < -0.39 is 0 Å². The number of halogens is 2. The minimum atomic E-state index is -0.201. The zero-order chi connectivity index (χ0) is 83.9. The van der Waals surface area contributed by atoms with E-state index in [0.717, 1.165) is 56.4 Å². The van der Waals surface area contributed by atoms with Crippen molar-refractivity contribution in [1.29, 1.82) is 0 Å². The van der Waals surface area contributed by atoms with Gasteiger partial charge in [-0.25, -0.2) is 0 Å². The molecule has 6 nitrogen and oxygen atoms in total. The quantitative estimate of drug-likeness (QED) is 0.0444. The first kappa shape index (κ1) is 82.7. The number of carbonyl (C=O) groups excluding carboxylic acids is 2. The molecule has 18 rings (SSSR count). The topological polar surface area (TPSA) is 59.1 Å². The van der Waals surface area contributed by atoms with Crippen LogP contribution in [0.15, 0.2) is 328 Å². The zero-order valence-corrected chi connectivity index (χ0v) is 76.1. The largest absolute Gasteiger partial charge is 0.469 e. The maximum Gasteiger partial charge on any atom is 0.305 e. The predicted molar refractivity (Wildman–Crippen MR) is 538 cm³/mol. The number of aryl methyl sites for hydroxylation is 2. The van der Waals surface area contributed by atoms with E-state index in [2.05, 4.69) is 447 Å². The van der Waals surface area contributed by atoms with Gasteiger partial charge in [0.1, 0.15) is 0 Å². The predicted octanol–water partition coefficient (Wildman–Crippen LogP) is 31.9. The number of thiophene rings is 4. The normalized spacial score (nSPS) is 12.8. The molecule has 12 aromatic carbocycles. The molecule has 16 aromatic rings. The molecule has 0 unspecified atom stereocenters. The number of nitrogens with zero attached hydrogens (tertiary/aromatic N) is 2. The highest BCUT2D eigenvalue weighted by atomic mass is 127. The standard InChI is InChI=1S/C71H60N2O4S2.C39H28I2S2/c1-71(2)65-47-53(67-43-39-61(78-67)37-23-49-15-29-57(30-16-49)72(55-11-7-5-8-12-55)59-33-19-51(20-34-59)25-45-69(74)76-3)27-41-63(65)64-42-28-54(48-66(64)71)68-44-40-62(79-68)38-24-50-17-31-58(32-18-50)73(56-13-9-6-10-14-56)60-35-21-52(22-36-60)26-46-70(75)77-4;1-39(2)35-23-27(37-21-17-31(42-37)15-7-25-3-11-29(40)12-4-25)9-19-33(35)34-20-10-28(24-36(34)39)38-22-18-32(43-38)16-8-26-5-13-30(41)14-6-26/h5-24,27-44,47-48H,25-26,45-46H2,1-4H3;3-24H,1-2H3/b37-23+,38-24+;15-7+,16-8+. The second kappa shape index (κ2) is 37.0. The summed E-state index contributed by atoms with van der Waals surface area (Å²) in [4.78, 5) is 38.0. The molecule has 0 spiro atoms. The monoisotopic (exact) mass is 1880 g/mol. The van der Waals surface area contributed by atoms with E-state index in [9.17, 15) is 9.59 Å². The molecule has 2 aliphatic carbocycles. The van der Waals surface area contributed by atoms with Gasteiger partial charge in [0.2, 0.25) is 0 Å². The molecule has 0 saturated heterocycles. The molecule has 0 fully saturated rings. The molecule has 12 heteroatoms. The Morgan fingerprint density at radius 3 is 0.803 bits per heavy atom. The lowest BCUT2D eigenvalue weighted by atomic mass is 9.81. The van der Waals surface area contributed by atoms with Crippen LogP contribution >= 0.6 is 90.5 Å². The lowest BCUT2D eigenvalue weighted by molar-refractivity contribution is -0.141. The third-order valence-corrected chi connectivity index (χ3v) is 28.7. The van der Waals surface area contributed by atoms with Crippen LogP contribution in [0, 0.1) is 7.14 Å².